The molecule has 2 nitrogen and oxygen atoms in total. The predicted octanol–water partition coefficient (Wildman–Crippen LogP) is 3.96. The molecule has 1 atom stereocenters. The summed E-state index contributed by atoms with van der Waals surface area (Å²) in [7, 11) is 0. The van der Waals surface area contributed by atoms with Gasteiger partial charge in [0.15, 0.2) is 0 Å². The highest BCUT2D eigenvalue weighted by Crippen LogP contribution is 2.30. The third-order valence-corrected chi connectivity index (χ3v) is 3.95. The number of hydrogen-bond acceptors (Lipinski definition) is 2. The number of aliphatic hydroxyl groups excluding tert-OH is 1. The highest BCUT2D eigenvalue weighted by Gasteiger charge is 2.17. The van der Waals surface area contributed by atoms with Crippen LogP contribution in [0, 0.1) is 12.7 Å². The maximum absolute atomic E-state index is 13.7. The second-order valence-corrected chi connectivity index (χ2v) is 5.59. The van der Waals surface area contributed by atoms with Gasteiger partial charge in [-0.2, -0.15) is 0 Å². The van der Waals surface area contributed by atoms with Gasteiger partial charge in [0, 0.05) is 24.3 Å². The van der Waals surface area contributed by atoms with Crippen LogP contribution in [0.1, 0.15) is 56.3 Å². The molecule has 0 saturated carbocycles. The van der Waals surface area contributed by atoms with Gasteiger partial charge in [-0.3, -0.25) is 0 Å². The molecule has 1 saturated heterocycles. The first-order valence-corrected chi connectivity index (χ1v) is 7.32. The zero-order valence-electron chi connectivity index (χ0n) is 12.0. The van der Waals surface area contributed by atoms with Crippen LogP contribution >= 0.6 is 0 Å². The monoisotopic (exact) mass is 265 g/mol. The van der Waals surface area contributed by atoms with Crippen molar-refractivity contribution in [3.8, 4) is 0 Å². The lowest BCUT2D eigenvalue weighted by atomic mass is 10.0. The lowest BCUT2D eigenvalue weighted by molar-refractivity contribution is 0.199. The first-order chi connectivity index (χ1) is 9.09. The van der Waals surface area contributed by atoms with Gasteiger partial charge in [-0.1, -0.05) is 19.3 Å². The minimum absolute atomic E-state index is 0.230. The van der Waals surface area contributed by atoms with Crippen LogP contribution in [-0.2, 0) is 0 Å². The summed E-state index contributed by atoms with van der Waals surface area (Å²) in [5, 5.41) is 9.88. The summed E-state index contributed by atoms with van der Waals surface area (Å²) in [6.07, 6.45) is 5.57. The van der Waals surface area contributed by atoms with E-state index < -0.39 is 6.10 Å². The van der Waals surface area contributed by atoms with Crippen LogP contribution in [0.15, 0.2) is 12.1 Å². The van der Waals surface area contributed by atoms with Crippen molar-refractivity contribution >= 4 is 5.69 Å². The Hall–Kier alpha value is -1.09. The molecule has 106 valence electrons. The SMILES string of the molecule is Cc1cc(N2CCCCCCC2)c([C@@H](C)O)cc1F. The van der Waals surface area contributed by atoms with Gasteiger partial charge in [-0.15, -0.1) is 0 Å². The highest BCUT2D eigenvalue weighted by molar-refractivity contribution is 5.56. The van der Waals surface area contributed by atoms with E-state index in [-0.39, 0.29) is 5.82 Å². The number of anilines is 1. The Balaban J connectivity index is 2.32. The first kappa shape index (κ1) is 14.3. The number of hydrogen-bond donors (Lipinski definition) is 1. The molecular weight excluding hydrogens is 241 g/mol. The fourth-order valence-corrected chi connectivity index (χ4v) is 2.78. The molecule has 1 fully saturated rings. The van der Waals surface area contributed by atoms with E-state index >= 15 is 0 Å². The molecule has 0 amide bonds. The molecule has 1 N–H and O–H groups in total. The average molecular weight is 265 g/mol. The molecule has 0 radical (unpaired) electrons. The van der Waals surface area contributed by atoms with E-state index in [4.69, 9.17) is 0 Å². The van der Waals surface area contributed by atoms with Crippen molar-refractivity contribution in [1.29, 1.82) is 0 Å². The third kappa shape index (κ3) is 3.47. The van der Waals surface area contributed by atoms with Crippen molar-refractivity contribution in [3.05, 3.63) is 29.1 Å². The summed E-state index contributed by atoms with van der Waals surface area (Å²) >= 11 is 0. The van der Waals surface area contributed by atoms with Crippen LogP contribution in [0.5, 0.6) is 0 Å². The largest absolute Gasteiger partial charge is 0.389 e. The summed E-state index contributed by atoms with van der Waals surface area (Å²) in [5.41, 5.74) is 2.38. The minimum Gasteiger partial charge on any atom is -0.389 e. The summed E-state index contributed by atoms with van der Waals surface area (Å²) in [5.74, 6) is -0.230. The van der Waals surface area contributed by atoms with Gasteiger partial charge in [-0.05, 0) is 44.4 Å². The van der Waals surface area contributed by atoms with Gasteiger partial charge in [0.05, 0.1) is 6.10 Å². The van der Waals surface area contributed by atoms with Crippen LogP contribution in [0.25, 0.3) is 0 Å². The summed E-state index contributed by atoms with van der Waals surface area (Å²) < 4.78 is 13.7. The molecule has 0 aliphatic carbocycles. The number of rotatable bonds is 2. The number of benzene rings is 1. The van der Waals surface area contributed by atoms with Gasteiger partial charge < -0.3 is 10.0 Å². The molecule has 0 bridgehead atoms. The van der Waals surface area contributed by atoms with E-state index in [1.807, 2.05) is 6.07 Å². The Labute approximate surface area is 115 Å². The molecular formula is C16H24FNO. The van der Waals surface area contributed by atoms with E-state index in [1.54, 1.807) is 13.8 Å². The Morgan fingerprint density at radius 3 is 2.26 bits per heavy atom. The molecule has 2 rings (SSSR count). The Bertz CT molecular complexity index is 423. The van der Waals surface area contributed by atoms with E-state index in [2.05, 4.69) is 4.90 Å². The van der Waals surface area contributed by atoms with Crippen molar-refractivity contribution in [2.75, 3.05) is 18.0 Å². The fourth-order valence-electron chi connectivity index (χ4n) is 2.78. The molecule has 1 aromatic carbocycles. The van der Waals surface area contributed by atoms with Crippen molar-refractivity contribution < 1.29 is 9.50 Å². The van der Waals surface area contributed by atoms with E-state index in [1.165, 1.54) is 38.2 Å². The van der Waals surface area contributed by atoms with Crippen LogP contribution in [0.2, 0.25) is 0 Å². The fraction of sp³-hybridized carbons (Fsp3) is 0.625. The number of nitrogens with zero attached hydrogens (tertiary/aromatic N) is 1. The van der Waals surface area contributed by atoms with Crippen molar-refractivity contribution in [2.24, 2.45) is 0 Å². The molecule has 1 aliphatic heterocycles. The summed E-state index contributed by atoms with van der Waals surface area (Å²) in [6.45, 7) is 5.50. The molecule has 0 spiro atoms. The van der Waals surface area contributed by atoms with E-state index in [0.29, 0.717) is 11.1 Å². The first-order valence-electron chi connectivity index (χ1n) is 7.32. The summed E-state index contributed by atoms with van der Waals surface area (Å²) in [4.78, 5) is 2.31. The Morgan fingerprint density at radius 2 is 1.68 bits per heavy atom. The Morgan fingerprint density at radius 1 is 1.11 bits per heavy atom. The molecule has 0 aromatic heterocycles. The van der Waals surface area contributed by atoms with Gasteiger partial charge in [0.1, 0.15) is 5.82 Å². The van der Waals surface area contributed by atoms with Gasteiger partial charge >= 0.3 is 0 Å². The maximum atomic E-state index is 13.7. The smallest absolute Gasteiger partial charge is 0.126 e. The quantitative estimate of drug-likeness (QED) is 0.875. The van der Waals surface area contributed by atoms with E-state index in [9.17, 15) is 9.50 Å². The molecule has 19 heavy (non-hydrogen) atoms. The molecule has 1 aromatic rings. The van der Waals surface area contributed by atoms with Crippen LogP contribution in [0.4, 0.5) is 10.1 Å². The van der Waals surface area contributed by atoms with Gasteiger partial charge in [0.25, 0.3) is 0 Å². The standard InChI is InChI=1S/C16H24FNO/c1-12-10-16(14(13(2)19)11-15(12)17)18-8-6-4-3-5-7-9-18/h10-11,13,19H,3-9H2,1-2H3/t13-/m1/s1. The van der Waals surface area contributed by atoms with Crippen LogP contribution in [-0.4, -0.2) is 18.2 Å². The Kier molecular flexibility index (Phi) is 4.81. The number of aliphatic hydroxyl groups is 1. The molecule has 3 heteroatoms. The van der Waals surface area contributed by atoms with Gasteiger partial charge in [0.2, 0.25) is 0 Å². The average Bonchev–Trinajstić information content (AvgIpc) is 2.32. The third-order valence-electron chi connectivity index (χ3n) is 3.95. The maximum Gasteiger partial charge on any atom is 0.126 e. The second-order valence-electron chi connectivity index (χ2n) is 5.59. The van der Waals surface area contributed by atoms with Crippen molar-refractivity contribution in [3.63, 3.8) is 0 Å². The minimum atomic E-state index is -0.629. The normalized spacial score (nSPS) is 18.8. The molecule has 1 aliphatic rings. The zero-order chi connectivity index (χ0) is 13.8. The van der Waals surface area contributed by atoms with E-state index in [0.717, 1.165) is 18.8 Å². The predicted molar refractivity (Wildman–Crippen MR) is 77.1 cm³/mol. The van der Waals surface area contributed by atoms with Crippen molar-refractivity contribution in [1.82, 2.24) is 0 Å². The van der Waals surface area contributed by atoms with Crippen molar-refractivity contribution in [2.45, 2.75) is 52.1 Å². The topological polar surface area (TPSA) is 23.5 Å². The zero-order valence-corrected chi connectivity index (χ0v) is 12.0. The van der Waals surface area contributed by atoms with Crippen LogP contribution in [0.3, 0.4) is 0 Å². The lowest BCUT2D eigenvalue weighted by Gasteiger charge is -2.30. The highest BCUT2D eigenvalue weighted by atomic mass is 19.1. The lowest BCUT2D eigenvalue weighted by Crippen LogP contribution is -2.28. The summed E-state index contributed by atoms with van der Waals surface area (Å²) in [6, 6.07) is 3.38. The van der Waals surface area contributed by atoms with Gasteiger partial charge in [-0.25, -0.2) is 4.39 Å². The second kappa shape index (κ2) is 6.38. The number of halogens is 1. The molecule has 0 unspecified atom stereocenters. The molecule has 1 heterocycles. The van der Waals surface area contributed by atoms with Crippen LogP contribution < -0.4 is 4.90 Å². The number of aryl methyl sites for hydroxylation is 1.